The summed E-state index contributed by atoms with van der Waals surface area (Å²) in [5.41, 5.74) is 2.57. The maximum Gasteiger partial charge on any atom is 0.170 e. The largest absolute Gasteiger partial charge is 0.394 e. The minimum atomic E-state index is -0.447. The number of benzene rings is 2. The lowest BCUT2D eigenvalue weighted by Crippen LogP contribution is -2.52. The molecule has 3 aliphatic rings. The number of aliphatic hydroxyl groups is 2. The van der Waals surface area contributed by atoms with Gasteiger partial charge in [0.15, 0.2) is 5.79 Å². The van der Waals surface area contributed by atoms with Gasteiger partial charge in [-0.15, -0.1) is 0 Å². The molecule has 7 nitrogen and oxygen atoms in total. The first kappa shape index (κ1) is 39.6. The molecule has 1 spiro atoms. The van der Waals surface area contributed by atoms with Crippen molar-refractivity contribution in [2.24, 2.45) is 0 Å². The summed E-state index contributed by atoms with van der Waals surface area (Å²) in [5.74, 6) is 0.0287. The fraction of sp³-hybridized carbons (Fsp3) is 0.500. The molecule has 0 atom stereocenters. The molecule has 0 radical (unpaired) electrons. The zero-order valence-corrected chi connectivity index (χ0v) is 33.6. The van der Waals surface area contributed by atoms with E-state index in [4.69, 9.17) is 19.7 Å². The molecule has 5 heterocycles. The van der Waals surface area contributed by atoms with Gasteiger partial charge in [-0.05, 0) is 57.0 Å². The van der Waals surface area contributed by atoms with Gasteiger partial charge in [0.1, 0.15) is 5.78 Å². The highest BCUT2D eigenvalue weighted by atomic mass is 31.1. The fourth-order valence-electron chi connectivity index (χ4n) is 9.10. The normalized spacial score (nSPS) is 21.7. The predicted molar refractivity (Wildman–Crippen MR) is 213 cm³/mol. The Balaban J connectivity index is 0.000000180. The number of hydrogen-bond donors (Lipinski definition) is 2. The predicted octanol–water partition coefficient (Wildman–Crippen LogP) is 8.15. The lowest BCUT2D eigenvalue weighted by atomic mass is 9.91. The monoisotopic (exact) mass is 732 g/mol. The Hall–Kier alpha value is -2.63. The maximum absolute atomic E-state index is 12.2. The summed E-state index contributed by atoms with van der Waals surface area (Å²) in [6, 6.07) is 25.9. The molecule has 2 aromatic heterocycles. The first-order valence-electron chi connectivity index (χ1n) is 18.1. The number of nitrogens with zero attached hydrogens (tertiary/aromatic N) is 2. The van der Waals surface area contributed by atoms with Crippen molar-refractivity contribution >= 4 is 32.2 Å². The Kier molecular flexibility index (Phi) is 12.2. The van der Waals surface area contributed by atoms with Crippen molar-refractivity contribution in [2.45, 2.75) is 107 Å². The van der Waals surface area contributed by atoms with Crippen molar-refractivity contribution in [3.8, 4) is 11.4 Å². The van der Waals surface area contributed by atoms with Gasteiger partial charge in [0.2, 0.25) is 0 Å². The molecule has 0 amide bonds. The quantitative estimate of drug-likeness (QED) is 0.203. The van der Waals surface area contributed by atoms with Crippen LogP contribution in [-0.4, -0.2) is 78.0 Å². The van der Waals surface area contributed by atoms with E-state index in [1.807, 2.05) is 0 Å². The van der Waals surface area contributed by atoms with Gasteiger partial charge in [-0.1, -0.05) is 108 Å². The molecular weight excluding hydrogens is 674 g/mol. The number of aliphatic hydroxyl groups excluding tert-OH is 2. The minimum Gasteiger partial charge on any atom is -0.394 e. The van der Waals surface area contributed by atoms with Gasteiger partial charge < -0.3 is 28.8 Å². The number of para-hydroxylation sites is 2. The Morgan fingerprint density at radius 3 is 1.29 bits per heavy atom. The third-order valence-electron chi connectivity index (χ3n) is 10.0. The summed E-state index contributed by atoms with van der Waals surface area (Å²) in [6.45, 7) is 19.9. The molecule has 0 aliphatic carbocycles. The molecule has 0 unspecified atom stereocenters. The van der Waals surface area contributed by atoms with Gasteiger partial charge >= 0.3 is 0 Å². The number of carbonyl (C=O) groups excluding carboxylic acids is 1. The Bertz CT molecular complexity index is 1680. The van der Waals surface area contributed by atoms with Crippen molar-refractivity contribution in [2.75, 3.05) is 26.4 Å². The summed E-state index contributed by atoms with van der Waals surface area (Å²) in [5, 5.41) is 18.5. The number of carbonyl (C=O) groups is 1. The number of ether oxygens (including phenoxy) is 2. The average Bonchev–Trinajstić information content (AvgIpc) is 3.84. The molecule has 7 rings (SSSR count). The maximum atomic E-state index is 12.2. The van der Waals surface area contributed by atoms with Gasteiger partial charge in [-0.3, -0.25) is 4.79 Å². The van der Waals surface area contributed by atoms with Crippen molar-refractivity contribution in [3.63, 3.8) is 0 Å². The molecule has 4 aromatic rings. The fourth-order valence-corrected chi connectivity index (χ4v) is 17.8. The molecule has 3 aliphatic heterocycles. The topological polar surface area (TPSA) is 85.9 Å². The summed E-state index contributed by atoms with van der Waals surface area (Å²) >= 11 is 0. The third-order valence-corrected chi connectivity index (χ3v) is 17.2. The van der Waals surface area contributed by atoms with Crippen LogP contribution in [0.15, 0.2) is 97.6 Å². The van der Waals surface area contributed by atoms with Crippen LogP contribution in [0.4, 0.5) is 0 Å². The number of rotatable bonds is 5. The van der Waals surface area contributed by atoms with E-state index in [0.29, 0.717) is 18.6 Å². The number of ketones is 1. The van der Waals surface area contributed by atoms with Crippen LogP contribution >= 0.6 is 15.8 Å². The molecule has 276 valence electrons. The van der Waals surface area contributed by atoms with Crippen LogP contribution in [0.5, 0.6) is 0 Å². The van der Waals surface area contributed by atoms with Gasteiger partial charge in [0.05, 0.1) is 37.8 Å². The van der Waals surface area contributed by atoms with Gasteiger partial charge in [0.25, 0.3) is 0 Å². The van der Waals surface area contributed by atoms with E-state index < -0.39 is 15.8 Å². The molecule has 9 heteroatoms. The first-order valence-corrected chi connectivity index (χ1v) is 20.8. The highest BCUT2D eigenvalue weighted by molar-refractivity contribution is 7.69. The van der Waals surface area contributed by atoms with Crippen molar-refractivity contribution < 1.29 is 24.5 Å². The highest BCUT2D eigenvalue weighted by Gasteiger charge is 2.57. The molecule has 3 fully saturated rings. The van der Waals surface area contributed by atoms with E-state index >= 15 is 0 Å². The SMILES string of the molecule is CC1(C)CC(=O)CC(C)(C)P1c1ccccc1-n1cccc1.CC1(C)CC2(CC(C)(C)P1c1ccccc1-n1cccc1)OCCO2.OCCO. The van der Waals surface area contributed by atoms with Crippen LogP contribution in [0.3, 0.4) is 0 Å². The van der Waals surface area contributed by atoms with Crippen LogP contribution in [0.25, 0.3) is 11.4 Å². The number of aromatic nitrogens is 2. The smallest absolute Gasteiger partial charge is 0.170 e. The summed E-state index contributed by atoms with van der Waals surface area (Å²) in [4.78, 5) is 12.2. The van der Waals surface area contributed by atoms with Crippen LogP contribution in [0.1, 0.15) is 81.1 Å². The molecular formula is C42H58N2O5P2. The van der Waals surface area contributed by atoms with E-state index in [2.05, 4.69) is 162 Å². The second kappa shape index (κ2) is 15.8. The second-order valence-corrected chi connectivity index (χ2v) is 23.5. The number of Topliss-reactive ketones (excluding diaryl/α,β-unsaturated/α-hetero) is 1. The summed E-state index contributed by atoms with van der Waals surface area (Å²) in [6.07, 6.45) is 11.8. The molecule has 3 saturated heterocycles. The lowest BCUT2D eigenvalue weighted by Gasteiger charge is -2.55. The van der Waals surface area contributed by atoms with Gasteiger partial charge in [-0.2, -0.15) is 0 Å². The van der Waals surface area contributed by atoms with Crippen LogP contribution in [-0.2, 0) is 14.3 Å². The van der Waals surface area contributed by atoms with E-state index in [1.54, 1.807) is 0 Å². The molecule has 2 N–H and O–H groups in total. The first-order chi connectivity index (χ1) is 24.1. The van der Waals surface area contributed by atoms with Gasteiger partial charge in [-0.25, -0.2) is 0 Å². The Morgan fingerprint density at radius 1 is 0.569 bits per heavy atom. The van der Waals surface area contributed by atoms with Crippen molar-refractivity contribution in [1.29, 1.82) is 0 Å². The zero-order chi connectivity index (χ0) is 37.1. The third kappa shape index (κ3) is 8.78. The standard InChI is InChI=1S/C21H28NO2P.C19H24NOP.C2H6O2/c1-19(2)15-21(23-13-14-24-21)16-20(3,4)25(19)18-10-6-5-9-17(18)22-11-7-8-12-22;1-18(2)13-15(21)14-19(3,4)22(18)17-10-6-5-9-16(17)20-11-7-8-12-20;3-1-2-4/h5-12H,13-16H2,1-4H3;5-12H,13-14H2,1-4H3;3-4H,1-2H2. The van der Waals surface area contributed by atoms with Crippen molar-refractivity contribution in [1.82, 2.24) is 9.13 Å². The molecule has 51 heavy (non-hydrogen) atoms. The van der Waals surface area contributed by atoms with Crippen LogP contribution in [0, 0.1) is 0 Å². The molecule has 2 aromatic carbocycles. The Morgan fingerprint density at radius 2 is 0.922 bits per heavy atom. The van der Waals surface area contributed by atoms with E-state index in [9.17, 15) is 4.79 Å². The molecule has 0 saturated carbocycles. The number of hydrogen-bond acceptors (Lipinski definition) is 5. The van der Waals surface area contributed by atoms with E-state index in [0.717, 1.165) is 26.1 Å². The van der Waals surface area contributed by atoms with Crippen LogP contribution < -0.4 is 10.6 Å². The van der Waals surface area contributed by atoms with Crippen LogP contribution in [0.2, 0.25) is 0 Å². The summed E-state index contributed by atoms with van der Waals surface area (Å²) in [7, 11) is -0.849. The summed E-state index contributed by atoms with van der Waals surface area (Å²) < 4.78 is 16.7. The second-order valence-electron chi connectivity index (χ2n) is 16.4. The lowest BCUT2D eigenvalue weighted by molar-refractivity contribution is -0.178. The minimum absolute atomic E-state index is 0.0391. The highest BCUT2D eigenvalue weighted by Crippen LogP contribution is 2.68. The average molecular weight is 733 g/mol. The van der Waals surface area contributed by atoms with E-state index in [-0.39, 0.29) is 39.6 Å². The Labute approximate surface area is 307 Å². The van der Waals surface area contributed by atoms with Gasteiger partial charge in [0, 0.05) is 61.1 Å². The molecule has 0 bridgehead atoms. The van der Waals surface area contributed by atoms with Crippen molar-refractivity contribution in [3.05, 3.63) is 97.6 Å². The van der Waals surface area contributed by atoms with E-state index in [1.165, 1.54) is 22.0 Å². The zero-order valence-electron chi connectivity index (χ0n) is 31.8.